The fraction of sp³-hybridized carbons (Fsp3) is 0.636. The molecule has 1 fully saturated rings. The van der Waals surface area contributed by atoms with E-state index in [0.29, 0.717) is 18.4 Å². The Hall–Kier alpha value is -1.63. The van der Waals surface area contributed by atoms with Crippen LogP contribution in [0.4, 0.5) is 11.9 Å². The molecule has 1 aliphatic heterocycles. The predicted octanol–water partition coefficient (Wildman–Crippen LogP) is 0.306. The molecule has 1 amide bonds. The van der Waals surface area contributed by atoms with Gasteiger partial charge in [0, 0.05) is 40.2 Å². The summed E-state index contributed by atoms with van der Waals surface area (Å²) in [6.07, 6.45) is 0.875. The minimum absolute atomic E-state index is 0.0190. The highest BCUT2D eigenvalue weighted by Crippen LogP contribution is 2.19. The van der Waals surface area contributed by atoms with Gasteiger partial charge >= 0.3 is 0 Å². The van der Waals surface area contributed by atoms with Gasteiger partial charge in [-0.3, -0.25) is 4.79 Å². The Labute approximate surface area is 117 Å². The molecule has 1 N–H and O–H groups in total. The molecule has 0 spiro atoms. The molecule has 0 radical (unpaired) electrons. The van der Waals surface area contributed by atoms with Gasteiger partial charge in [0.2, 0.25) is 23.1 Å². The van der Waals surface area contributed by atoms with E-state index in [9.17, 15) is 4.79 Å². The molecular formula is C11H17ClN6O. The second-order valence-corrected chi connectivity index (χ2v) is 5.07. The van der Waals surface area contributed by atoms with Gasteiger partial charge in [0.05, 0.1) is 0 Å². The van der Waals surface area contributed by atoms with E-state index >= 15 is 0 Å². The third-order valence-corrected chi connectivity index (χ3v) is 3.03. The van der Waals surface area contributed by atoms with Crippen molar-refractivity contribution < 1.29 is 4.79 Å². The summed E-state index contributed by atoms with van der Waals surface area (Å²) in [6.45, 7) is 3.00. The Balaban J connectivity index is 2.12. The molecule has 8 heteroatoms. The fourth-order valence-corrected chi connectivity index (χ4v) is 2.17. The zero-order valence-electron chi connectivity index (χ0n) is 11.2. The van der Waals surface area contributed by atoms with E-state index in [0.717, 1.165) is 13.0 Å². The number of amides is 1. The highest BCUT2D eigenvalue weighted by molar-refractivity contribution is 6.28. The lowest BCUT2D eigenvalue weighted by Gasteiger charge is -2.18. The maximum absolute atomic E-state index is 11.0. The molecule has 19 heavy (non-hydrogen) atoms. The molecule has 104 valence electrons. The minimum atomic E-state index is -0.0190. The molecule has 0 bridgehead atoms. The number of rotatable bonds is 3. The summed E-state index contributed by atoms with van der Waals surface area (Å²) in [5, 5.41) is 3.08. The summed E-state index contributed by atoms with van der Waals surface area (Å²) in [4.78, 5) is 27.4. The van der Waals surface area contributed by atoms with Crippen LogP contribution in [-0.2, 0) is 4.79 Å². The Kier molecular flexibility index (Phi) is 4.04. The Morgan fingerprint density at radius 3 is 2.79 bits per heavy atom. The molecular weight excluding hydrogens is 268 g/mol. The highest BCUT2D eigenvalue weighted by Gasteiger charge is 2.25. The van der Waals surface area contributed by atoms with Crippen LogP contribution < -0.4 is 15.1 Å². The number of hydrogen-bond donors (Lipinski definition) is 1. The van der Waals surface area contributed by atoms with Gasteiger partial charge in [0.15, 0.2) is 0 Å². The molecule has 0 saturated carbocycles. The first-order valence-electron chi connectivity index (χ1n) is 6.06. The van der Waals surface area contributed by atoms with Gasteiger partial charge in [-0.2, -0.15) is 15.0 Å². The number of nitrogens with zero attached hydrogens (tertiary/aromatic N) is 5. The molecule has 1 aromatic rings. The molecule has 1 aromatic heterocycles. The van der Waals surface area contributed by atoms with Crippen LogP contribution in [-0.4, -0.2) is 54.1 Å². The van der Waals surface area contributed by atoms with Crippen molar-refractivity contribution in [3.05, 3.63) is 5.28 Å². The number of hydrogen-bond acceptors (Lipinski definition) is 6. The molecule has 1 aliphatic rings. The summed E-state index contributed by atoms with van der Waals surface area (Å²) in [5.74, 6) is 1.06. The van der Waals surface area contributed by atoms with Gasteiger partial charge in [-0.1, -0.05) is 0 Å². The first kappa shape index (κ1) is 13.8. The van der Waals surface area contributed by atoms with Crippen molar-refractivity contribution in [2.24, 2.45) is 0 Å². The van der Waals surface area contributed by atoms with E-state index in [1.165, 1.54) is 6.92 Å². The lowest BCUT2D eigenvalue weighted by molar-refractivity contribution is -0.119. The van der Waals surface area contributed by atoms with Gasteiger partial charge in [0.1, 0.15) is 0 Å². The van der Waals surface area contributed by atoms with Crippen LogP contribution >= 0.6 is 11.6 Å². The summed E-state index contributed by atoms with van der Waals surface area (Å²) in [5.41, 5.74) is 0. The van der Waals surface area contributed by atoms with Gasteiger partial charge in [-0.05, 0) is 18.0 Å². The summed E-state index contributed by atoms with van der Waals surface area (Å²) < 4.78 is 0. The molecule has 1 unspecified atom stereocenters. The van der Waals surface area contributed by atoms with Crippen LogP contribution in [0.15, 0.2) is 0 Å². The molecule has 1 saturated heterocycles. The normalized spacial score (nSPS) is 18.5. The standard InChI is InChI=1S/C11H17ClN6O/c1-7(19)13-8-4-5-18(6-8)11-15-9(12)14-10(16-11)17(2)3/h8H,4-6H2,1-3H3,(H,13,19). The molecule has 1 atom stereocenters. The van der Waals surface area contributed by atoms with Crippen LogP contribution in [0.25, 0.3) is 0 Å². The second kappa shape index (κ2) is 5.56. The lowest BCUT2D eigenvalue weighted by Crippen LogP contribution is -2.36. The lowest BCUT2D eigenvalue weighted by atomic mass is 10.3. The summed E-state index contributed by atoms with van der Waals surface area (Å²) >= 11 is 5.91. The summed E-state index contributed by atoms with van der Waals surface area (Å²) in [6, 6.07) is 0.135. The van der Waals surface area contributed by atoms with Crippen LogP contribution in [0, 0.1) is 0 Å². The fourth-order valence-electron chi connectivity index (χ4n) is 2.02. The number of halogens is 1. The maximum atomic E-state index is 11.0. The number of aromatic nitrogens is 3. The van der Waals surface area contributed by atoms with Gasteiger partial charge < -0.3 is 15.1 Å². The maximum Gasteiger partial charge on any atom is 0.231 e. The number of carbonyl (C=O) groups is 1. The van der Waals surface area contributed by atoms with Crippen molar-refractivity contribution in [2.75, 3.05) is 37.0 Å². The summed E-state index contributed by atoms with van der Waals surface area (Å²) in [7, 11) is 3.69. The Morgan fingerprint density at radius 2 is 2.16 bits per heavy atom. The Morgan fingerprint density at radius 1 is 1.42 bits per heavy atom. The zero-order chi connectivity index (χ0) is 14.0. The van der Waals surface area contributed by atoms with Crippen LogP contribution in [0.3, 0.4) is 0 Å². The topological polar surface area (TPSA) is 74.2 Å². The third kappa shape index (κ3) is 3.44. The van der Waals surface area contributed by atoms with Crippen molar-refractivity contribution in [3.8, 4) is 0 Å². The molecule has 0 aromatic carbocycles. The van der Waals surface area contributed by atoms with Gasteiger partial charge in [-0.15, -0.1) is 0 Å². The van der Waals surface area contributed by atoms with Crippen molar-refractivity contribution in [1.82, 2.24) is 20.3 Å². The first-order valence-corrected chi connectivity index (χ1v) is 6.44. The monoisotopic (exact) mass is 284 g/mol. The van der Waals surface area contributed by atoms with E-state index in [1.807, 2.05) is 19.0 Å². The average Bonchev–Trinajstić information content (AvgIpc) is 2.75. The smallest absolute Gasteiger partial charge is 0.231 e. The average molecular weight is 285 g/mol. The third-order valence-electron chi connectivity index (χ3n) is 2.86. The predicted molar refractivity (Wildman–Crippen MR) is 73.6 cm³/mol. The van der Waals surface area contributed by atoms with E-state index < -0.39 is 0 Å². The zero-order valence-corrected chi connectivity index (χ0v) is 12.0. The number of anilines is 2. The molecule has 0 aliphatic carbocycles. The van der Waals surface area contributed by atoms with Gasteiger partial charge in [-0.25, -0.2) is 0 Å². The second-order valence-electron chi connectivity index (χ2n) is 4.73. The largest absolute Gasteiger partial charge is 0.352 e. The van der Waals surface area contributed by atoms with E-state index in [1.54, 1.807) is 4.90 Å². The highest BCUT2D eigenvalue weighted by atomic mass is 35.5. The van der Waals surface area contributed by atoms with Crippen molar-refractivity contribution in [2.45, 2.75) is 19.4 Å². The van der Waals surface area contributed by atoms with Crippen molar-refractivity contribution in [3.63, 3.8) is 0 Å². The van der Waals surface area contributed by atoms with E-state index in [4.69, 9.17) is 11.6 Å². The first-order chi connectivity index (χ1) is 8.95. The quantitative estimate of drug-likeness (QED) is 0.861. The van der Waals surface area contributed by atoms with Crippen LogP contribution in [0.2, 0.25) is 5.28 Å². The molecule has 2 rings (SSSR count). The van der Waals surface area contributed by atoms with E-state index in [2.05, 4.69) is 20.3 Å². The SMILES string of the molecule is CC(=O)NC1CCN(c2nc(Cl)nc(N(C)C)n2)C1. The molecule has 7 nitrogen and oxygen atoms in total. The number of carbonyl (C=O) groups excluding carboxylic acids is 1. The van der Waals surface area contributed by atoms with Crippen LogP contribution in [0.1, 0.15) is 13.3 Å². The Bertz CT molecular complexity index is 480. The molecule has 2 heterocycles. The van der Waals surface area contributed by atoms with Crippen molar-refractivity contribution >= 4 is 29.4 Å². The van der Waals surface area contributed by atoms with Gasteiger partial charge in [0.25, 0.3) is 0 Å². The minimum Gasteiger partial charge on any atom is -0.352 e. The number of nitrogens with one attached hydrogen (secondary N) is 1. The van der Waals surface area contributed by atoms with Crippen LogP contribution in [0.5, 0.6) is 0 Å². The van der Waals surface area contributed by atoms with Crippen molar-refractivity contribution in [1.29, 1.82) is 0 Å². The van der Waals surface area contributed by atoms with E-state index in [-0.39, 0.29) is 17.2 Å².